The van der Waals surface area contributed by atoms with Crippen molar-refractivity contribution in [3.63, 3.8) is 0 Å². The molecule has 1 aromatic heterocycles. The monoisotopic (exact) mass is 226 g/mol. The molecule has 0 fully saturated rings. The van der Waals surface area contributed by atoms with Crippen molar-refractivity contribution in [3.8, 4) is 0 Å². The molecule has 0 saturated carbocycles. The van der Waals surface area contributed by atoms with Crippen LogP contribution in [0.4, 0.5) is 5.69 Å². The van der Waals surface area contributed by atoms with Crippen LogP contribution in [-0.4, -0.2) is 35.4 Å². The molecular formula is C10H18N4O2. The van der Waals surface area contributed by atoms with Gasteiger partial charge in [-0.3, -0.25) is 9.89 Å². The van der Waals surface area contributed by atoms with Crippen LogP contribution in [0.1, 0.15) is 30.0 Å². The van der Waals surface area contributed by atoms with E-state index < -0.39 is 0 Å². The van der Waals surface area contributed by atoms with Gasteiger partial charge in [-0.1, -0.05) is 0 Å². The fraction of sp³-hybridized carbons (Fsp3) is 0.600. The molecular weight excluding hydrogens is 208 g/mol. The molecule has 1 atom stereocenters. The lowest BCUT2D eigenvalue weighted by Crippen LogP contribution is -2.32. The topological polar surface area (TPSA) is 93.0 Å². The molecule has 6 nitrogen and oxygen atoms in total. The SMILES string of the molecule is CCOC(C)CNC(=O)c1n[nH]c(C)c1N. The Hall–Kier alpha value is -1.56. The van der Waals surface area contributed by atoms with Gasteiger partial charge in [-0.15, -0.1) is 0 Å². The summed E-state index contributed by atoms with van der Waals surface area (Å²) in [6, 6.07) is 0. The number of nitrogen functional groups attached to an aromatic ring is 1. The Morgan fingerprint density at radius 1 is 1.69 bits per heavy atom. The molecule has 1 heterocycles. The fourth-order valence-electron chi connectivity index (χ4n) is 1.27. The van der Waals surface area contributed by atoms with Crippen molar-refractivity contribution in [2.45, 2.75) is 26.9 Å². The van der Waals surface area contributed by atoms with Crippen LogP contribution < -0.4 is 11.1 Å². The van der Waals surface area contributed by atoms with Gasteiger partial charge in [0.05, 0.1) is 17.5 Å². The molecule has 1 aromatic rings. The van der Waals surface area contributed by atoms with Crippen LogP contribution in [0, 0.1) is 6.92 Å². The molecule has 1 rings (SSSR count). The van der Waals surface area contributed by atoms with Gasteiger partial charge in [0.25, 0.3) is 5.91 Å². The normalized spacial score (nSPS) is 12.4. The number of aryl methyl sites for hydroxylation is 1. The third-order valence-electron chi connectivity index (χ3n) is 2.21. The Labute approximate surface area is 94.5 Å². The van der Waals surface area contributed by atoms with Crippen LogP contribution in [-0.2, 0) is 4.74 Å². The summed E-state index contributed by atoms with van der Waals surface area (Å²) in [6.07, 6.45) is -0.0183. The number of aromatic nitrogens is 2. The smallest absolute Gasteiger partial charge is 0.274 e. The van der Waals surface area contributed by atoms with Crippen LogP contribution in [0.3, 0.4) is 0 Å². The summed E-state index contributed by atoms with van der Waals surface area (Å²) in [6.45, 7) is 6.64. The fourth-order valence-corrected chi connectivity index (χ4v) is 1.27. The summed E-state index contributed by atoms with van der Waals surface area (Å²) in [4.78, 5) is 11.7. The number of carbonyl (C=O) groups excluding carboxylic acids is 1. The highest BCUT2D eigenvalue weighted by atomic mass is 16.5. The predicted octanol–water partition coefficient (Wildman–Crippen LogP) is 0.455. The maximum absolute atomic E-state index is 11.7. The number of nitrogens with zero attached hydrogens (tertiary/aromatic N) is 1. The van der Waals surface area contributed by atoms with Crippen LogP contribution in [0.15, 0.2) is 0 Å². The molecule has 4 N–H and O–H groups in total. The van der Waals surface area contributed by atoms with E-state index in [1.165, 1.54) is 0 Å². The lowest BCUT2D eigenvalue weighted by Gasteiger charge is -2.11. The summed E-state index contributed by atoms with van der Waals surface area (Å²) in [7, 11) is 0. The number of hydrogen-bond donors (Lipinski definition) is 3. The van der Waals surface area contributed by atoms with Gasteiger partial charge in [-0.25, -0.2) is 0 Å². The predicted molar refractivity (Wildman–Crippen MR) is 61.2 cm³/mol. The second kappa shape index (κ2) is 5.50. The maximum atomic E-state index is 11.7. The minimum Gasteiger partial charge on any atom is -0.395 e. The Bertz CT molecular complexity index is 362. The maximum Gasteiger partial charge on any atom is 0.274 e. The lowest BCUT2D eigenvalue weighted by atomic mass is 10.3. The number of carbonyl (C=O) groups is 1. The number of amides is 1. The van der Waals surface area contributed by atoms with Crippen molar-refractivity contribution in [1.82, 2.24) is 15.5 Å². The minimum absolute atomic E-state index is 0.0183. The number of rotatable bonds is 5. The molecule has 90 valence electrons. The van der Waals surface area contributed by atoms with Crippen molar-refractivity contribution in [1.29, 1.82) is 0 Å². The highest BCUT2D eigenvalue weighted by molar-refractivity contribution is 5.97. The first-order chi connectivity index (χ1) is 7.56. The van der Waals surface area contributed by atoms with E-state index in [2.05, 4.69) is 15.5 Å². The zero-order valence-corrected chi connectivity index (χ0v) is 9.83. The van der Waals surface area contributed by atoms with E-state index >= 15 is 0 Å². The van der Waals surface area contributed by atoms with Gasteiger partial charge in [-0.05, 0) is 20.8 Å². The quantitative estimate of drug-likeness (QED) is 0.679. The van der Waals surface area contributed by atoms with Gasteiger partial charge < -0.3 is 15.8 Å². The number of H-pyrrole nitrogens is 1. The Kier molecular flexibility index (Phi) is 4.30. The molecule has 0 radical (unpaired) electrons. The molecule has 1 amide bonds. The third-order valence-corrected chi connectivity index (χ3v) is 2.21. The summed E-state index contributed by atoms with van der Waals surface area (Å²) < 4.78 is 5.29. The van der Waals surface area contributed by atoms with E-state index in [4.69, 9.17) is 10.5 Å². The van der Waals surface area contributed by atoms with E-state index in [1.54, 1.807) is 6.92 Å². The standard InChI is InChI=1S/C10H18N4O2/c1-4-16-6(2)5-12-10(15)9-8(11)7(3)13-14-9/h6H,4-5,11H2,1-3H3,(H,12,15)(H,13,14). The molecule has 0 aromatic carbocycles. The number of aromatic amines is 1. The number of nitrogens with two attached hydrogens (primary N) is 1. The molecule has 6 heteroatoms. The van der Waals surface area contributed by atoms with Crippen molar-refractivity contribution >= 4 is 11.6 Å². The molecule has 0 bridgehead atoms. The average Bonchev–Trinajstić information content (AvgIpc) is 2.57. The molecule has 1 unspecified atom stereocenters. The number of hydrogen-bond acceptors (Lipinski definition) is 4. The van der Waals surface area contributed by atoms with E-state index in [0.717, 1.165) is 0 Å². The lowest BCUT2D eigenvalue weighted by molar-refractivity contribution is 0.0693. The third kappa shape index (κ3) is 2.96. The molecule has 0 saturated heterocycles. The average molecular weight is 226 g/mol. The Morgan fingerprint density at radius 2 is 2.38 bits per heavy atom. The van der Waals surface area contributed by atoms with E-state index in [1.807, 2.05) is 13.8 Å². The number of nitrogens with one attached hydrogen (secondary N) is 2. The minimum atomic E-state index is -0.284. The van der Waals surface area contributed by atoms with Crippen LogP contribution in [0.5, 0.6) is 0 Å². The summed E-state index contributed by atoms with van der Waals surface area (Å²) >= 11 is 0. The van der Waals surface area contributed by atoms with Crippen molar-refractivity contribution in [2.75, 3.05) is 18.9 Å². The zero-order chi connectivity index (χ0) is 12.1. The first-order valence-corrected chi connectivity index (χ1v) is 5.26. The first-order valence-electron chi connectivity index (χ1n) is 5.26. The van der Waals surface area contributed by atoms with Gasteiger partial charge in [0, 0.05) is 13.2 Å². The first kappa shape index (κ1) is 12.5. The Morgan fingerprint density at radius 3 is 2.88 bits per heavy atom. The van der Waals surface area contributed by atoms with Gasteiger partial charge in [0.2, 0.25) is 0 Å². The second-order valence-corrected chi connectivity index (χ2v) is 3.59. The van der Waals surface area contributed by atoms with E-state index in [0.29, 0.717) is 24.5 Å². The highest BCUT2D eigenvalue weighted by Gasteiger charge is 2.15. The second-order valence-electron chi connectivity index (χ2n) is 3.59. The van der Waals surface area contributed by atoms with Gasteiger partial charge >= 0.3 is 0 Å². The largest absolute Gasteiger partial charge is 0.395 e. The molecule has 0 aliphatic rings. The number of ether oxygens (including phenoxy) is 1. The zero-order valence-electron chi connectivity index (χ0n) is 9.83. The van der Waals surface area contributed by atoms with Gasteiger partial charge in [0.1, 0.15) is 0 Å². The van der Waals surface area contributed by atoms with Crippen molar-refractivity contribution < 1.29 is 9.53 Å². The number of anilines is 1. The molecule has 16 heavy (non-hydrogen) atoms. The summed E-state index contributed by atoms with van der Waals surface area (Å²) in [5.41, 5.74) is 7.01. The highest BCUT2D eigenvalue weighted by Crippen LogP contribution is 2.11. The van der Waals surface area contributed by atoms with Crippen molar-refractivity contribution in [2.24, 2.45) is 0 Å². The summed E-state index contributed by atoms with van der Waals surface area (Å²) in [5, 5.41) is 9.21. The van der Waals surface area contributed by atoms with Crippen LogP contribution in [0.2, 0.25) is 0 Å². The Balaban J connectivity index is 2.50. The molecule has 0 aliphatic heterocycles. The molecule has 0 aliphatic carbocycles. The van der Waals surface area contributed by atoms with Crippen LogP contribution in [0.25, 0.3) is 0 Å². The van der Waals surface area contributed by atoms with Gasteiger partial charge in [-0.2, -0.15) is 5.10 Å². The molecule has 0 spiro atoms. The summed E-state index contributed by atoms with van der Waals surface area (Å²) in [5.74, 6) is -0.284. The van der Waals surface area contributed by atoms with Gasteiger partial charge in [0.15, 0.2) is 5.69 Å². The van der Waals surface area contributed by atoms with E-state index in [9.17, 15) is 4.79 Å². The van der Waals surface area contributed by atoms with Crippen LogP contribution >= 0.6 is 0 Å². The van der Waals surface area contributed by atoms with Crippen molar-refractivity contribution in [3.05, 3.63) is 11.4 Å². The van der Waals surface area contributed by atoms with E-state index in [-0.39, 0.29) is 17.7 Å².